The molecule has 2 atom stereocenters. The lowest BCUT2D eigenvalue weighted by molar-refractivity contribution is -0.138. The number of aryl methyl sites for hydroxylation is 1. The maximum atomic E-state index is 14.7. The number of carbonyl (C=O) groups is 2. The van der Waals surface area contributed by atoms with Crippen LogP contribution in [0.25, 0.3) is 16.7 Å². The van der Waals surface area contributed by atoms with E-state index in [0.29, 0.717) is 36.0 Å². The van der Waals surface area contributed by atoms with Gasteiger partial charge in [-0.3, -0.25) is 4.90 Å². The number of nitrogens with zero attached hydrogens (tertiary/aromatic N) is 1. The lowest BCUT2D eigenvalue weighted by Crippen LogP contribution is -2.35. The van der Waals surface area contributed by atoms with E-state index in [1.807, 2.05) is 13.8 Å². The topological polar surface area (TPSA) is 76.1 Å². The van der Waals surface area contributed by atoms with Crippen LogP contribution in [0, 0.1) is 18.2 Å². The molecule has 1 amide bonds. The summed E-state index contributed by atoms with van der Waals surface area (Å²) in [4.78, 5) is 26.0. The third-order valence-corrected chi connectivity index (χ3v) is 9.16. The quantitative estimate of drug-likeness (QED) is 0.249. The van der Waals surface area contributed by atoms with Crippen LogP contribution in [0.5, 0.6) is 5.75 Å². The minimum absolute atomic E-state index is 0.0192. The van der Waals surface area contributed by atoms with Crippen LogP contribution in [-0.4, -0.2) is 41.8 Å². The number of rotatable bonds is 7. The van der Waals surface area contributed by atoms with Crippen molar-refractivity contribution in [2.75, 3.05) is 13.7 Å². The first-order valence-corrected chi connectivity index (χ1v) is 15.4. The fourth-order valence-corrected chi connectivity index (χ4v) is 6.71. The van der Waals surface area contributed by atoms with E-state index in [1.54, 1.807) is 6.92 Å². The summed E-state index contributed by atoms with van der Waals surface area (Å²) in [5.74, 6) is -2.89. The molecule has 0 radical (unpaired) electrons. The summed E-state index contributed by atoms with van der Waals surface area (Å²) in [5.41, 5.74) is -1.46. The number of amides is 1. The van der Waals surface area contributed by atoms with Crippen LogP contribution in [0.4, 0.5) is 35.5 Å². The Hall–Kier alpha value is -4.55. The van der Waals surface area contributed by atoms with Gasteiger partial charge < -0.3 is 14.6 Å². The Kier molecular flexibility index (Phi) is 9.28. The second-order valence-electron chi connectivity index (χ2n) is 13.3. The smallest absolute Gasteiger partial charge is 0.417 e. The van der Waals surface area contributed by atoms with Gasteiger partial charge in [0.15, 0.2) is 0 Å². The summed E-state index contributed by atoms with van der Waals surface area (Å²) in [6, 6.07) is 7.59. The van der Waals surface area contributed by atoms with Gasteiger partial charge in [0, 0.05) is 12.1 Å². The van der Waals surface area contributed by atoms with Gasteiger partial charge in [-0.2, -0.15) is 26.3 Å². The molecule has 0 spiro atoms. The Morgan fingerprint density at radius 3 is 2.31 bits per heavy atom. The first-order valence-electron chi connectivity index (χ1n) is 15.4. The number of aromatic carboxylic acids is 1. The van der Waals surface area contributed by atoms with Crippen LogP contribution < -0.4 is 4.74 Å². The molecular weight excluding hydrogens is 659 g/mol. The van der Waals surface area contributed by atoms with Crippen LogP contribution >= 0.6 is 0 Å². The zero-order chi connectivity index (χ0) is 36.2. The van der Waals surface area contributed by atoms with Gasteiger partial charge in [0.2, 0.25) is 0 Å². The number of hydrogen-bond acceptors (Lipinski definition) is 4. The van der Waals surface area contributed by atoms with Crippen molar-refractivity contribution in [2.24, 2.45) is 5.41 Å². The number of cyclic esters (lactones) is 1. The van der Waals surface area contributed by atoms with Crippen molar-refractivity contribution in [3.8, 4) is 16.9 Å². The van der Waals surface area contributed by atoms with E-state index in [9.17, 15) is 45.4 Å². The molecule has 5 rings (SSSR count). The van der Waals surface area contributed by atoms with E-state index in [1.165, 1.54) is 31.1 Å². The molecule has 1 heterocycles. The molecule has 1 N–H and O–H groups in total. The van der Waals surface area contributed by atoms with Crippen LogP contribution in [0.15, 0.2) is 54.1 Å². The summed E-state index contributed by atoms with van der Waals surface area (Å²) >= 11 is 0. The first kappa shape index (κ1) is 35.7. The number of carboxylic acids is 1. The molecule has 13 heteroatoms. The Bertz CT molecular complexity index is 1840. The van der Waals surface area contributed by atoms with Crippen molar-refractivity contribution < 1.29 is 54.9 Å². The van der Waals surface area contributed by atoms with Crippen LogP contribution in [0.2, 0.25) is 0 Å². The van der Waals surface area contributed by atoms with Gasteiger partial charge >= 0.3 is 24.4 Å². The lowest BCUT2D eigenvalue weighted by atomic mass is 9.72. The second-order valence-corrected chi connectivity index (χ2v) is 13.3. The van der Waals surface area contributed by atoms with Crippen molar-refractivity contribution in [2.45, 2.75) is 71.5 Å². The zero-order valence-corrected chi connectivity index (χ0v) is 27.3. The van der Waals surface area contributed by atoms with Crippen molar-refractivity contribution in [3.05, 3.63) is 93.3 Å². The van der Waals surface area contributed by atoms with E-state index in [2.05, 4.69) is 0 Å². The van der Waals surface area contributed by atoms with Gasteiger partial charge in [-0.05, 0) is 103 Å². The number of hydrogen-bond donors (Lipinski definition) is 1. The maximum Gasteiger partial charge on any atom is 0.417 e. The highest BCUT2D eigenvalue weighted by Gasteiger charge is 2.43. The minimum Gasteiger partial charge on any atom is -0.496 e. The molecule has 3 aromatic carbocycles. The molecule has 0 unspecified atom stereocenters. The molecule has 262 valence electrons. The molecule has 1 aliphatic heterocycles. The van der Waals surface area contributed by atoms with Gasteiger partial charge in [-0.15, -0.1) is 0 Å². The predicted octanol–water partition coefficient (Wildman–Crippen LogP) is 10.1. The first-order chi connectivity index (χ1) is 22.7. The standard InChI is InChI=1S/C36H34F7NO5/c1-18-10-21(12-23(11-18)35(38,39)40)31-19(2)44(33(47)49-31)17-22-16-34(3,4)9-8-24(22)27-14-26(28(36(41,42)43)15-30(27)48-5)20-6-7-25(32(45)46)29(37)13-20/h6-7,10-15,19,31H,8-9,16-17H2,1-5H3,(H,45,46)/t19-,31-/m0/s1. The summed E-state index contributed by atoms with van der Waals surface area (Å²) < 4.78 is 110. The molecule has 1 fully saturated rings. The molecule has 1 aliphatic carbocycles. The number of carbonyl (C=O) groups excluding carboxylic acids is 1. The number of ether oxygens (including phenoxy) is 2. The minimum atomic E-state index is -4.89. The van der Waals surface area contributed by atoms with Crippen LogP contribution in [0.3, 0.4) is 0 Å². The largest absolute Gasteiger partial charge is 0.496 e. The fraction of sp³-hybridized carbons (Fsp3) is 0.389. The Morgan fingerprint density at radius 1 is 1.02 bits per heavy atom. The van der Waals surface area contributed by atoms with Gasteiger partial charge in [0.25, 0.3) is 0 Å². The molecule has 0 aromatic heterocycles. The van der Waals surface area contributed by atoms with Crippen LogP contribution in [0.1, 0.15) is 84.3 Å². The van der Waals surface area contributed by atoms with E-state index < -0.39 is 64.6 Å². The van der Waals surface area contributed by atoms with E-state index >= 15 is 0 Å². The van der Waals surface area contributed by atoms with Crippen molar-refractivity contribution in [1.29, 1.82) is 0 Å². The molecule has 2 aliphatic rings. The normalized spacial score (nSPS) is 19.7. The van der Waals surface area contributed by atoms with Crippen molar-refractivity contribution in [3.63, 3.8) is 0 Å². The number of carboxylic acid groups (broad SMARTS) is 1. The van der Waals surface area contributed by atoms with Crippen molar-refractivity contribution >= 4 is 17.6 Å². The summed E-state index contributed by atoms with van der Waals surface area (Å²) in [7, 11) is 1.22. The van der Waals surface area contributed by atoms with Gasteiger partial charge in [-0.1, -0.05) is 31.5 Å². The van der Waals surface area contributed by atoms with E-state index in [4.69, 9.17) is 9.47 Å². The number of methoxy groups -OCH3 is 1. The van der Waals surface area contributed by atoms with Crippen LogP contribution in [-0.2, 0) is 17.1 Å². The van der Waals surface area contributed by atoms with E-state index in [-0.39, 0.29) is 34.4 Å². The molecular formula is C36H34F7NO5. The van der Waals surface area contributed by atoms with Crippen molar-refractivity contribution in [1.82, 2.24) is 4.90 Å². The fourth-order valence-electron chi connectivity index (χ4n) is 6.71. The summed E-state index contributed by atoms with van der Waals surface area (Å²) in [6.07, 6.45) is -9.83. The molecule has 6 nitrogen and oxygen atoms in total. The number of alkyl halides is 6. The van der Waals surface area contributed by atoms with Gasteiger partial charge in [-0.25, -0.2) is 14.0 Å². The lowest BCUT2D eigenvalue weighted by Gasteiger charge is -2.36. The Morgan fingerprint density at radius 2 is 1.71 bits per heavy atom. The highest BCUT2D eigenvalue weighted by molar-refractivity contribution is 5.89. The van der Waals surface area contributed by atoms with Gasteiger partial charge in [0.05, 0.1) is 29.8 Å². The second kappa shape index (κ2) is 12.7. The number of halogens is 7. The predicted molar refractivity (Wildman–Crippen MR) is 166 cm³/mol. The average Bonchev–Trinajstić information content (AvgIpc) is 3.27. The average molecular weight is 694 g/mol. The molecule has 0 saturated carbocycles. The number of allylic oxidation sites excluding steroid dienone is 1. The van der Waals surface area contributed by atoms with Gasteiger partial charge in [0.1, 0.15) is 17.7 Å². The summed E-state index contributed by atoms with van der Waals surface area (Å²) in [5, 5.41) is 9.23. The molecule has 0 bridgehead atoms. The zero-order valence-electron chi connectivity index (χ0n) is 27.3. The summed E-state index contributed by atoms with van der Waals surface area (Å²) in [6.45, 7) is 7.16. The molecule has 49 heavy (non-hydrogen) atoms. The third kappa shape index (κ3) is 7.25. The molecule has 3 aromatic rings. The Labute approximate surface area is 278 Å². The van der Waals surface area contributed by atoms with E-state index in [0.717, 1.165) is 36.4 Å². The maximum absolute atomic E-state index is 14.7. The highest BCUT2D eigenvalue weighted by Crippen LogP contribution is 2.49. The monoisotopic (exact) mass is 693 g/mol. The highest BCUT2D eigenvalue weighted by atomic mass is 19.4. The number of benzene rings is 3. The molecule has 1 saturated heterocycles. The third-order valence-electron chi connectivity index (χ3n) is 9.16. The Balaban J connectivity index is 1.62. The SMILES string of the molecule is COc1cc(C(F)(F)F)c(-c2ccc(C(=O)O)c(F)c2)cc1C1=C(CN2C(=O)O[C@H](c3cc(C)cc(C(F)(F)F)c3)[C@@H]2C)CC(C)(C)CC1.